The van der Waals surface area contributed by atoms with Gasteiger partial charge in [0.25, 0.3) is 5.91 Å². The van der Waals surface area contributed by atoms with Crippen molar-refractivity contribution >= 4 is 29.4 Å². The summed E-state index contributed by atoms with van der Waals surface area (Å²) in [6.45, 7) is 1.45. The molecule has 2 aliphatic carbocycles. The molecule has 1 N–H and O–H groups in total. The molecule has 0 unspecified atom stereocenters. The largest absolute Gasteiger partial charge is 0.454 e. The van der Waals surface area contributed by atoms with Gasteiger partial charge in [0.15, 0.2) is 6.61 Å². The summed E-state index contributed by atoms with van der Waals surface area (Å²) in [7, 11) is 0. The maximum absolute atomic E-state index is 13.3. The second-order valence-corrected chi connectivity index (χ2v) is 9.66. The number of benzene rings is 2. The van der Waals surface area contributed by atoms with Crippen LogP contribution in [0.25, 0.3) is 0 Å². The van der Waals surface area contributed by atoms with E-state index in [1.54, 1.807) is 12.1 Å². The third kappa shape index (κ3) is 4.11. The first kappa shape index (κ1) is 22.3. The highest BCUT2D eigenvalue weighted by molar-refractivity contribution is 6.08. The van der Waals surface area contributed by atoms with E-state index < -0.39 is 24.5 Å². The van der Waals surface area contributed by atoms with Crippen molar-refractivity contribution < 1.29 is 23.9 Å². The number of carbonyl (C=O) groups excluding carboxylic acids is 4. The number of rotatable bonds is 7. The molecule has 1 saturated heterocycles. The van der Waals surface area contributed by atoms with Crippen molar-refractivity contribution in [3.05, 3.63) is 65.7 Å². The van der Waals surface area contributed by atoms with Crippen LogP contribution in [0, 0.1) is 30.6 Å². The first-order valence-corrected chi connectivity index (χ1v) is 11.9. The molecule has 3 amide bonds. The van der Waals surface area contributed by atoms with Gasteiger partial charge in [0.2, 0.25) is 11.8 Å². The number of anilines is 1. The van der Waals surface area contributed by atoms with Gasteiger partial charge < -0.3 is 10.1 Å². The van der Waals surface area contributed by atoms with Crippen LogP contribution in [0.15, 0.2) is 54.6 Å². The van der Waals surface area contributed by atoms with Gasteiger partial charge in [0.05, 0.1) is 11.8 Å². The third-order valence-electron chi connectivity index (χ3n) is 7.50. The van der Waals surface area contributed by atoms with E-state index in [1.807, 2.05) is 49.4 Å². The molecule has 3 fully saturated rings. The second kappa shape index (κ2) is 9.05. The van der Waals surface area contributed by atoms with Gasteiger partial charge in [-0.25, -0.2) is 4.79 Å². The van der Waals surface area contributed by atoms with E-state index in [2.05, 4.69) is 5.32 Å². The first-order valence-electron chi connectivity index (χ1n) is 11.9. The van der Waals surface area contributed by atoms with Gasteiger partial charge in [-0.2, -0.15) is 0 Å². The average Bonchev–Trinajstić information content (AvgIpc) is 3.52. The summed E-state index contributed by atoms with van der Waals surface area (Å²) in [5.74, 6) is -1.92. The van der Waals surface area contributed by atoms with Crippen molar-refractivity contribution in [3.8, 4) is 0 Å². The zero-order valence-corrected chi connectivity index (χ0v) is 19.1. The van der Waals surface area contributed by atoms with Crippen molar-refractivity contribution in [1.82, 2.24) is 4.90 Å². The van der Waals surface area contributed by atoms with Crippen LogP contribution < -0.4 is 5.32 Å². The number of fused-ring (bicyclic) bond motifs is 5. The zero-order chi connectivity index (χ0) is 23.8. The highest BCUT2D eigenvalue weighted by atomic mass is 16.5. The van der Waals surface area contributed by atoms with Crippen LogP contribution in [0.5, 0.6) is 0 Å². The minimum atomic E-state index is -1.08. The van der Waals surface area contributed by atoms with Crippen LogP contribution in [-0.2, 0) is 30.3 Å². The number of esters is 1. The number of hydrogen-bond acceptors (Lipinski definition) is 5. The molecule has 2 bridgehead atoms. The quantitative estimate of drug-likeness (QED) is 0.506. The number of nitrogens with zero attached hydrogens (tertiary/aromatic N) is 1. The predicted molar refractivity (Wildman–Crippen MR) is 124 cm³/mol. The van der Waals surface area contributed by atoms with Crippen LogP contribution >= 0.6 is 0 Å². The molecule has 176 valence electrons. The Balaban J connectivity index is 1.31. The summed E-state index contributed by atoms with van der Waals surface area (Å²) in [6, 6.07) is 15.4. The molecule has 7 heteroatoms. The monoisotopic (exact) mass is 460 g/mol. The SMILES string of the molecule is Cc1ccc(NC(=O)COC(=O)[C@H](Cc2ccccc2)N2C(=O)[C@@H]3[C@H]4CC[C@@H](C4)[C@H]3C2=O)cc1. The highest BCUT2D eigenvalue weighted by Gasteiger charge is 2.62. The smallest absolute Gasteiger partial charge is 0.330 e. The van der Waals surface area contributed by atoms with E-state index in [0.717, 1.165) is 35.3 Å². The molecular formula is C27H28N2O5. The third-order valence-corrected chi connectivity index (χ3v) is 7.50. The lowest BCUT2D eigenvalue weighted by atomic mass is 9.81. The topological polar surface area (TPSA) is 92.8 Å². The van der Waals surface area contributed by atoms with Gasteiger partial charge in [-0.3, -0.25) is 19.3 Å². The number of carbonyl (C=O) groups is 4. The van der Waals surface area contributed by atoms with Gasteiger partial charge in [-0.05, 0) is 55.7 Å². The minimum absolute atomic E-state index is 0.158. The number of hydrogen-bond donors (Lipinski definition) is 1. The van der Waals surface area contributed by atoms with Gasteiger partial charge in [-0.15, -0.1) is 0 Å². The Morgan fingerprint density at radius 2 is 1.59 bits per heavy atom. The lowest BCUT2D eigenvalue weighted by molar-refractivity contribution is -0.160. The lowest BCUT2D eigenvalue weighted by Gasteiger charge is -2.26. The maximum Gasteiger partial charge on any atom is 0.330 e. The molecule has 34 heavy (non-hydrogen) atoms. The molecule has 7 nitrogen and oxygen atoms in total. The summed E-state index contributed by atoms with van der Waals surface area (Å²) in [5.41, 5.74) is 2.47. The summed E-state index contributed by atoms with van der Waals surface area (Å²) in [4.78, 5) is 53.4. The normalized spacial score (nSPS) is 25.9. The number of imide groups is 1. The van der Waals surface area contributed by atoms with Crippen molar-refractivity contribution in [1.29, 1.82) is 0 Å². The van der Waals surface area contributed by atoms with E-state index in [9.17, 15) is 19.2 Å². The lowest BCUT2D eigenvalue weighted by Crippen LogP contribution is -2.48. The van der Waals surface area contributed by atoms with Crippen LogP contribution in [0.4, 0.5) is 5.69 Å². The summed E-state index contributed by atoms with van der Waals surface area (Å²) < 4.78 is 5.34. The average molecular weight is 461 g/mol. The molecule has 5 atom stereocenters. The predicted octanol–water partition coefficient (Wildman–Crippen LogP) is 3.12. The standard InChI is InChI=1S/C27H28N2O5/c1-16-7-11-20(12-8-16)28-22(30)15-34-27(33)21(13-17-5-3-2-4-6-17)29-25(31)23-18-9-10-19(14-18)24(23)26(29)32/h2-8,11-12,18-19,21,23-24H,9-10,13-15H2,1H3,(H,28,30)/t18-,19-,21-,23+,24+/m0/s1. The molecule has 1 heterocycles. The van der Waals surface area contributed by atoms with Crippen molar-refractivity contribution in [3.63, 3.8) is 0 Å². The molecule has 0 aromatic heterocycles. The number of nitrogens with one attached hydrogen (secondary N) is 1. The zero-order valence-electron chi connectivity index (χ0n) is 19.1. The Bertz CT molecular complexity index is 1090. The summed E-state index contributed by atoms with van der Waals surface area (Å²) in [5, 5.41) is 2.69. The van der Waals surface area contributed by atoms with Crippen LogP contribution in [0.2, 0.25) is 0 Å². The number of likely N-dealkylation sites (tertiary alicyclic amines) is 1. The van der Waals surface area contributed by atoms with Gasteiger partial charge in [-0.1, -0.05) is 48.0 Å². The highest BCUT2D eigenvalue weighted by Crippen LogP contribution is 2.56. The molecule has 0 radical (unpaired) electrons. The molecule has 5 rings (SSSR count). The van der Waals surface area contributed by atoms with E-state index >= 15 is 0 Å². The fraction of sp³-hybridized carbons (Fsp3) is 0.407. The molecular weight excluding hydrogens is 432 g/mol. The fourth-order valence-corrected chi connectivity index (χ4v) is 5.92. The maximum atomic E-state index is 13.3. The molecule has 2 aromatic carbocycles. The van der Waals surface area contributed by atoms with Gasteiger partial charge in [0.1, 0.15) is 6.04 Å². The molecule has 0 spiro atoms. The van der Waals surface area contributed by atoms with Crippen molar-refractivity contribution in [2.75, 3.05) is 11.9 Å². The van der Waals surface area contributed by atoms with E-state index in [1.165, 1.54) is 0 Å². The van der Waals surface area contributed by atoms with Crippen LogP contribution in [-0.4, -0.2) is 41.2 Å². The number of ether oxygens (including phenoxy) is 1. The molecule has 2 saturated carbocycles. The molecule has 3 aliphatic rings. The van der Waals surface area contributed by atoms with Crippen molar-refractivity contribution in [2.24, 2.45) is 23.7 Å². The number of amides is 3. The van der Waals surface area contributed by atoms with E-state index in [4.69, 9.17) is 4.74 Å². The number of aryl methyl sites for hydroxylation is 1. The van der Waals surface area contributed by atoms with Crippen LogP contribution in [0.3, 0.4) is 0 Å². The Morgan fingerprint density at radius 1 is 0.971 bits per heavy atom. The first-order chi connectivity index (χ1) is 16.4. The second-order valence-electron chi connectivity index (χ2n) is 9.66. The molecule has 1 aliphatic heterocycles. The Hall–Kier alpha value is -3.48. The Labute approximate surface area is 198 Å². The summed E-state index contributed by atoms with van der Waals surface area (Å²) >= 11 is 0. The molecule has 2 aromatic rings. The van der Waals surface area contributed by atoms with Gasteiger partial charge in [0, 0.05) is 12.1 Å². The van der Waals surface area contributed by atoms with Crippen molar-refractivity contribution in [2.45, 2.75) is 38.6 Å². The Kier molecular flexibility index (Phi) is 5.94. The Morgan fingerprint density at radius 3 is 2.21 bits per heavy atom. The minimum Gasteiger partial charge on any atom is -0.454 e. The van der Waals surface area contributed by atoms with E-state index in [-0.39, 0.29) is 41.9 Å². The van der Waals surface area contributed by atoms with Gasteiger partial charge >= 0.3 is 5.97 Å². The van der Waals surface area contributed by atoms with Crippen LogP contribution in [0.1, 0.15) is 30.4 Å². The van der Waals surface area contributed by atoms with E-state index in [0.29, 0.717) is 5.69 Å². The fourth-order valence-electron chi connectivity index (χ4n) is 5.92. The summed E-state index contributed by atoms with van der Waals surface area (Å²) in [6.07, 6.45) is 3.01.